The van der Waals surface area contributed by atoms with Crippen LogP contribution in [-0.2, 0) is 22.4 Å². The van der Waals surface area contributed by atoms with Crippen molar-refractivity contribution in [1.29, 1.82) is 0 Å². The smallest absolute Gasteiger partial charge is 0.338 e. The quantitative estimate of drug-likeness (QED) is 0.310. The Bertz CT molecular complexity index is 1040. The van der Waals surface area contributed by atoms with Gasteiger partial charge in [-0.25, -0.2) is 9.59 Å². The van der Waals surface area contributed by atoms with Gasteiger partial charge in [-0.15, -0.1) is 0 Å². The van der Waals surface area contributed by atoms with Gasteiger partial charge >= 0.3 is 11.9 Å². The number of esters is 2. The van der Waals surface area contributed by atoms with Gasteiger partial charge in [0.05, 0.1) is 0 Å². The van der Waals surface area contributed by atoms with Gasteiger partial charge in [-0.3, -0.25) is 0 Å². The van der Waals surface area contributed by atoms with Crippen LogP contribution in [-0.4, -0.2) is 11.9 Å². The lowest BCUT2D eigenvalue weighted by molar-refractivity contribution is -0.131. The first-order valence-electron chi connectivity index (χ1n) is 9.33. The minimum atomic E-state index is -0.468. The summed E-state index contributed by atoms with van der Waals surface area (Å²) in [6.07, 6.45) is 4.31. The summed E-state index contributed by atoms with van der Waals surface area (Å²) >= 11 is 0. The van der Waals surface area contributed by atoms with E-state index in [9.17, 15) is 9.59 Å². The van der Waals surface area contributed by atoms with Gasteiger partial charge in [0, 0.05) is 33.0 Å². The minimum Gasteiger partial charge on any atom is -0.422 e. The van der Waals surface area contributed by atoms with E-state index in [4.69, 9.17) is 9.47 Å². The van der Waals surface area contributed by atoms with E-state index in [1.807, 2.05) is 24.3 Å². The Kier molecular flexibility index (Phi) is 5.50. The van der Waals surface area contributed by atoms with Crippen molar-refractivity contribution in [2.75, 3.05) is 0 Å². The van der Waals surface area contributed by atoms with E-state index in [0.717, 1.165) is 28.3 Å². The molecule has 144 valence electrons. The third-order valence-electron chi connectivity index (χ3n) is 4.87. The zero-order chi connectivity index (χ0) is 20.4. The number of hydrogen-bond acceptors (Lipinski definition) is 4. The summed E-state index contributed by atoms with van der Waals surface area (Å²) in [6.45, 7) is 12.7. The van der Waals surface area contributed by atoms with Crippen LogP contribution in [0.25, 0.3) is 10.8 Å². The van der Waals surface area contributed by atoms with Crippen LogP contribution in [0.4, 0.5) is 0 Å². The molecule has 0 saturated carbocycles. The predicted molar refractivity (Wildman–Crippen MR) is 111 cm³/mol. The number of ether oxygens (including phenoxy) is 2. The molecule has 4 heteroatoms. The SMILES string of the molecule is C=C(C)C(=O)Oc1c2c(c(OC(=O)C(=C)C)c3ccccc13)CC(CC)=CC2. The van der Waals surface area contributed by atoms with E-state index < -0.39 is 11.9 Å². The molecule has 2 aromatic carbocycles. The summed E-state index contributed by atoms with van der Waals surface area (Å²) in [5.41, 5.74) is 3.67. The standard InChI is InChI=1S/C24H24O4/c1-6-16-11-12-19-20(13-16)22(28-24(26)15(4)5)18-10-8-7-9-17(18)21(19)27-23(25)14(2)3/h7-11H,2,4,6,12-13H2,1,3,5H3. The molecule has 0 saturated heterocycles. The maximum absolute atomic E-state index is 12.3. The molecule has 0 N–H and O–H groups in total. The molecular formula is C24H24O4. The molecule has 0 radical (unpaired) electrons. The fraction of sp³-hybridized carbons (Fsp3) is 0.250. The molecule has 0 atom stereocenters. The molecule has 0 bridgehead atoms. The topological polar surface area (TPSA) is 52.6 Å². The Hall–Kier alpha value is -3.14. The van der Waals surface area contributed by atoms with Gasteiger partial charge in [0.2, 0.25) is 0 Å². The van der Waals surface area contributed by atoms with Crippen molar-refractivity contribution in [3.8, 4) is 11.5 Å². The van der Waals surface area contributed by atoms with Crippen molar-refractivity contribution in [2.45, 2.75) is 40.0 Å². The second-order valence-electron chi connectivity index (χ2n) is 7.10. The highest BCUT2D eigenvalue weighted by Gasteiger charge is 2.26. The van der Waals surface area contributed by atoms with Crippen molar-refractivity contribution in [2.24, 2.45) is 0 Å². The molecule has 0 aliphatic heterocycles. The van der Waals surface area contributed by atoms with Crippen LogP contribution >= 0.6 is 0 Å². The fourth-order valence-corrected chi connectivity index (χ4v) is 3.29. The molecule has 0 amide bonds. The Morgan fingerprint density at radius 2 is 1.43 bits per heavy atom. The average Bonchev–Trinajstić information content (AvgIpc) is 2.69. The van der Waals surface area contributed by atoms with Gasteiger partial charge in [0.25, 0.3) is 0 Å². The molecule has 1 aliphatic carbocycles. The Balaban J connectivity index is 2.28. The highest BCUT2D eigenvalue weighted by Crippen LogP contribution is 2.44. The van der Waals surface area contributed by atoms with E-state index in [2.05, 4.69) is 26.2 Å². The van der Waals surface area contributed by atoms with Crippen LogP contribution in [0, 0.1) is 0 Å². The van der Waals surface area contributed by atoms with Crippen LogP contribution < -0.4 is 9.47 Å². The predicted octanol–water partition coefficient (Wildman–Crippen LogP) is 5.24. The first-order valence-corrected chi connectivity index (χ1v) is 9.33. The number of fused-ring (bicyclic) bond motifs is 2. The molecule has 1 aliphatic rings. The number of carbonyl (C=O) groups excluding carboxylic acids is 2. The van der Waals surface area contributed by atoms with Gasteiger partial charge in [-0.2, -0.15) is 0 Å². The highest BCUT2D eigenvalue weighted by molar-refractivity contribution is 6.01. The summed E-state index contributed by atoms with van der Waals surface area (Å²) < 4.78 is 11.5. The molecule has 28 heavy (non-hydrogen) atoms. The molecule has 0 spiro atoms. The summed E-state index contributed by atoms with van der Waals surface area (Å²) in [7, 11) is 0. The van der Waals surface area contributed by atoms with Gasteiger partial charge in [0.15, 0.2) is 0 Å². The molecule has 0 heterocycles. The maximum atomic E-state index is 12.3. The minimum absolute atomic E-state index is 0.330. The second-order valence-corrected chi connectivity index (χ2v) is 7.10. The highest BCUT2D eigenvalue weighted by atomic mass is 16.5. The van der Waals surface area contributed by atoms with Crippen LogP contribution in [0.1, 0.15) is 38.3 Å². The number of carbonyl (C=O) groups is 2. The van der Waals surface area contributed by atoms with Gasteiger partial charge in [0.1, 0.15) is 11.5 Å². The van der Waals surface area contributed by atoms with Crippen molar-refractivity contribution in [1.82, 2.24) is 0 Å². The Morgan fingerprint density at radius 1 is 0.929 bits per heavy atom. The lowest BCUT2D eigenvalue weighted by atomic mass is 9.86. The number of benzene rings is 2. The van der Waals surface area contributed by atoms with E-state index in [1.165, 1.54) is 5.57 Å². The number of allylic oxidation sites excluding steroid dienone is 2. The summed E-state index contributed by atoms with van der Waals surface area (Å²) in [5, 5.41) is 1.46. The summed E-state index contributed by atoms with van der Waals surface area (Å²) in [4.78, 5) is 24.6. The molecule has 2 aromatic rings. The number of rotatable bonds is 5. The van der Waals surface area contributed by atoms with Gasteiger partial charge < -0.3 is 9.47 Å². The molecule has 3 rings (SSSR count). The molecular weight excluding hydrogens is 352 g/mol. The van der Waals surface area contributed by atoms with Crippen molar-refractivity contribution in [3.05, 3.63) is 71.3 Å². The fourth-order valence-electron chi connectivity index (χ4n) is 3.29. The Labute approximate surface area is 165 Å². The summed E-state index contributed by atoms with van der Waals surface area (Å²) in [5.74, 6) is 0.101. The third-order valence-corrected chi connectivity index (χ3v) is 4.87. The normalized spacial score (nSPS) is 12.8. The molecule has 0 aromatic heterocycles. The lowest BCUT2D eigenvalue weighted by Crippen LogP contribution is -2.16. The Morgan fingerprint density at radius 3 is 1.89 bits per heavy atom. The van der Waals surface area contributed by atoms with Crippen LogP contribution in [0.2, 0.25) is 0 Å². The zero-order valence-electron chi connectivity index (χ0n) is 16.6. The first kappa shape index (κ1) is 19.6. The molecule has 0 fully saturated rings. The van der Waals surface area contributed by atoms with Crippen molar-refractivity contribution < 1.29 is 19.1 Å². The van der Waals surface area contributed by atoms with Crippen LogP contribution in [0.15, 0.2) is 60.2 Å². The van der Waals surface area contributed by atoms with Crippen molar-refractivity contribution >= 4 is 22.7 Å². The van der Waals surface area contributed by atoms with E-state index in [1.54, 1.807) is 13.8 Å². The summed E-state index contributed by atoms with van der Waals surface area (Å²) in [6, 6.07) is 7.48. The van der Waals surface area contributed by atoms with Crippen LogP contribution in [0.5, 0.6) is 11.5 Å². The monoisotopic (exact) mass is 376 g/mol. The van der Waals surface area contributed by atoms with E-state index in [0.29, 0.717) is 35.5 Å². The first-order chi connectivity index (χ1) is 13.3. The lowest BCUT2D eigenvalue weighted by Gasteiger charge is -2.24. The largest absolute Gasteiger partial charge is 0.422 e. The van der Waals surface area contributed by atoms with E-state index in [-0.39, 0.29) is 0 Å². The number of hydrogen-bond donors (Lipinski definition) is 0. The third kappa shape index (κ3) is 3.63. The maximum Gasteiger partial charge on any atom is 0.338 e. The molecule has 0 unspecified atom stereocenters. The van der Waals surface area contributed by atoms with Gasteiger partial charge in [-0.05, 0) is 33.1 Å². The zero-order valence-corrected chi connectivity index (χ0v) is 16.6. The van der Waals surface area contributed by atoms with Gasteiger partial charge in [-0.1, -0.05) is 56.0 Å². The average molecular weight is 376 g/mol. The van der Waals surface area contributed by atoms with Crippen LogP contribution in [0.3, 0.4) is 0 Å². The second kappa shape index (κ2) is 7.85. The van der Waals surface area contributed by atoms with E-state index >= 15 is 0 Å². The molecule has 4 nitrogen and oxygen atoms in total. The van der Waals surface area contributed by atoms with Crippen molar-refractivity contribution in [3.63, 3.8) is 0 Å².